The molecule has 200 valence electrons. The van der Waals surface area contributed by atoms with Crippen LogP contribution in [0.4, 0.5) is 10.1 Å². The topological polar surface area (TPSA) is 98.7 Å². The van der Waals surface area contributed by atoms with E-state index in [0.717, 1.165) is 40.3 Å². The molecule has 1 fully saturated rings. The summed E-state index contributed by atoms with van der Waals surface area (Å²) in [7, 11) is 3.05. The third kappa shape index (κ3) is 5.12. The number of carbonyl (C=O) groups excluding carboxylic acids is 1. The summed E-state index contributed by atoms with van der Waals surface area (Å²) in [4.78, 5) is 24.5. The highest BCUT2D eigenvalue weighted by Gasteiger charge is 2.30. The zero-order valence-electron chi connectivity index (χ0n) is 21.2. The van der Waals surface area contributed by atoms with E-state index in [9.17, 15) is 9.18 Å². The van der Waals surface area contributed by atoms with Gasteiger partial charge in [-0.05, 0) is 36.6 Å². The van der Waals surface area contributed by atoms with E-state index >= 15 is 0 Å². The molecule has 4 heterocycles. The Morgan fingerprint density at radius 1 is 1.23 bits per heavy atom. The van der Waals surface area contributed by atoms with Crippen molar-refractivity contribution in [3.8, 4) is 22.4 Å². The van der Waals surface area contributed by atoms with Crippen molar-refractivity contribution in [1.82, 2.24) is 25.6 Å². The predicted molar refractivity (Wildman–Crippen MR) is 149 cm³/mol. The van der Waals surface area contributed by atoms with E-state index in [1.54, 1.807) is 23.0 Å². The van der Waals surface area contributed by atoms with E-state index in [4.69, 9.17) is 16.6 Å². The maximum Gasteiger partial charge on any atom is 0.351 e. The highest BCUT2D eigenvalue weighted by atomic mass is 35.5. The number of thiophene rings is 1. The Labute approximate surface area is 233 Å². The van der Waals surface area contributed by atoms with Crippen molar-refractivity contribution in [2.24, 2.45) is 11.0 Å². The number of carbonyl (C=O) groups is 1. The number of halogens is 2. The molecule has 1 atom stereocenters. The fraction of sp³-hybridized carbons (Fsp3) is 0.259. The van der Waals surface area contributed by atoms with Gasteiger partial charge < -0.3 is 9.72 Å². The van der Waals surface area contributed by atoms with Crippen LogP contribution in [-0.2, 0) is 4.74 Å². The van der Waals surface area contributed by atoms with Crippen molar-refractivity contribution in [3.63, 3.8) is 0 Å². The molecule has 1 saturated carbocycles. The van der Waals surface area contributed by atoms with Gasteiger partial charge >= 0.3 is 5.97 Å². The molecule has 3 aromatic heterocycles. The number of hydrazone groups is 1. The minimum absolute atomic E-state index is 0.0575. The summed E-state index contributed by atoms with van der Waals surface area (Å²) in [5, 5.41) is 9.86. The monoisotopic (exact) mass is 565 g/mol. The molecule has 0 spiro atoms. The van der Waals surface area contributed by atoms with E-state index < -0.39 is 11.8 Å². The van der Waals surface area contributed by atoms with Gasteiger partial charge in [0.25, 0.3) is 0 Å². The van der Waals surface area contributed by atoms with Crippen LogP contribution < -0.4 is 10.5 Å². The summed E-state index contributed by atoms with van der Waals surface area (Å²) in [6.07, 6.45) is 8.38. The lowest BCUT2D eigenvalue weighted by molar-refractivity contribution is 0.0601. The van der Waals surface area contributed by atoms with Gasteiger partial charge in [0.1, 0.15) is 17.0 Å². The van der Waals surface area contributed by atoms with Crippen LogP contribution in [0.25, 0.3) is 22.4 Å². The van der Waals surface area contributed by atoms with Gasteiger partial charge in [-0.1, -0.05) is 30.5 Å². The van der Waals surface area contributed by atoms with Gasteiger partial charge in [-0.15, -0.1) is 22.0 Å². The number of nitrogens with zero attached hydrogens (tertiary/aromatic N) is 5. The predicted octanol–water partition coefficient (Wildman–Crippen LogP) is 5.83. The average molecular weight is 566 g/mol. The SMILES string of the molecule is COC(=O)c1scc(-c2cnc(C(CC3CC3)c3ccc(-c4cc(Cl)ccc4N4C=NN(C)N4)cn3)[nH]2)c1F. The molecule has 6 rings (SSSR count). The van der Waals surface area contributed by atoms with Crippen LogP contribution in [0.2, 0.25) is 5.02 Å². The summed E-state index contributed by atoms with van der Waals surface area (Å²) in [6.45, 7) is 0. The first-order chi connectivity index (χ1) is 18.9. The number of aromatic nitrogens is 3. The fourth-order valence-electron chi connectivity index (χ4n) is 4.64. The van der Waals surface area contributed by atoms with Crippen molar-refractivity contribution in [3.05, 3.63) is 75.3 Å². The number of methoxy groups -OCH3 is 1. The number of hydrogen-bond donors (Lipinski definition) is 2. The number of ether oxygens (including phenoxy) is 1. The minimum Gasteiger partial charge on any atom is -0.465 e. The number of aromatic amines is 1. The Balaban J connectivity index is 1.30. The number of H-pyrrole nitrogens is 1. The zero-order chi connectivity index (χ0) is 27.1. The Kier molecular flexibility index (Phi) is 6.79. The number of nitrogens with one attached hydrogen (secondary N) is 2. The lowest BCUT2D eigenvalue weighted by Crippen LogP contribution is -2.38. The molecule has 12 heteroatoms. The van der Waals surface area contributed by atoms with Gasteiger partial charge in [-0.3, -0.25) is 4.98 Å². The number of pyridine rings is 1. The molecule has 2 N–H and O–H groups in total. The molecule has 1 aliphatic carbocycles. The number of anilines is 1. The molecule has 2 aliphatic rings. The van der Waals surface area contributed by atoms with Crippen LogP contribution in [0.15, 0.2) is 53.2 Å². The van der Waals surface area contributed by atoms with Crippen LogP contribution in [0.5, 0.6) is 0 Å². The van der Waals surface area contributed by atoms with Crippen LogP contribution in [0.3, 0.4) is 0 Å². The first-order valence-electron chi connectivity index (χ1n) is 12.4. The Morgan fingerprint density at radius 3 is 2.77 bits per heavy atom. The van der Waals surface area contributed by atoms with Crippen LogP contribution in [0, 0.1) is 11.7 Å². The third-order valence-electron chi connectivity index (χ3n) is 6.85. The molecule has 1 unspecified atom stereocenters. The maximum absolute atomic E-state index is 14.9. The van der Waals surface area contributed by atoms with Crippen LogP contribution in [0.1, 0.15) is 46.4 Å². The lowest BCUT2D eigenvalue weighted by atomic mass is 9.95. The van der Waals surface area contributed by atoms with Gasteiger partial charge in [0, 0.05) is 40.3 Å². The number of esters is 1. The Bertz CT molecular complexity index is 1550. The highest BCUT2D eigenvalue weighted by Crippen LogP contribution is 2.41. The van der Waals surface area contributed by atoms with E-state index in [-0.39, 0.29) is 10.8 Å². The molecule has 39 heavy (non-hydrogen) atoms. The zero-order valence-corrected chi connectivity index (χ0v) is 22.8. The number of hydrogen-bond acceptors (Lipinski definition) is 9. The largest absolute Gasteiger partial charge is 0.465 e. The summed E-state index contributed by atoms with van der Waals surface area (Å²) in [5.74, 6) is -0.0643. The van der Waals surface area contributed by atoms with Crippen LogP contribution in [-0.4, -0.2) is 46.5 Å². The molecule has 1 aromatic carbocycles. The minimum atomic E-state index is -0.693. The molecular weight excluding hydrogens is 541 g/mol. The highest BCUT2D eigenvalue weighted by molar-refractivity contribution is 7.12. The molecule has 9 nitrogen and oxygen atoms in total. The van der Waals surface area contributed by atoms with Crippen molar-refractivity contribution in [1.29, 1.82) is 0 Å². The second-order valence-electron chi connectivity index (χ2n) is 9.56. The van der Waals surface area contributed by atoms with Crippen molar-refractivity contribution < 1.29 is 13.9 Å². The second-order valence-corrected chi connectivity index (χ2v) is 10.9. The second kappa shape index (κ2) is 10.4. The smallest absolute Gasteiger partial charge is 0.351 e. The van der Waals surface area contributed by atoms with E-state index in [0.29, 0.717) is 28.0 Å². The average Bonchev–Trinajstić information content (AvgIpc) is 3.27. The molecule has 0 saturated heterocycles. The molecule has 4 aromatic rings. The Morgan fingerprint density at radius 2 is 2.08 bits per heavy atom. The number of rotatable bonds is 8. The standard InChI is InChI=1S/C27H25ClFN7O2S/c1-35-32-14-36(34-35)23-8-6-17(28)10-18(23)16-5-7-21(30-11-16)19(9-15-3-4-15)26-31-12-22(33-26)20-13-39-25(24(20)29)27(37)38-2/h5-8,10-15,19,34H,3-4,9H2,1-2H3,(H,31,33). The summed E-state index contributed by atoms with van der Waals surface area (Å²) >= 11 is 7.36. The molecule has 1 aliphatic heterocycles. The Hall–Kier alpha value is -3.80. The number of benzene rings is 1. The van der Waals surface area contributed by atoms with Crippen molar-refractivity contribution in [2.75, 3.05) is 19.2 Å². The molecule has 0 bridgehead atoms. The normalized spacial score (nSPS) is 15.7. The lowest BCUT2D eigenvalue weighted by Gasteiger charge is -2.21. The first kappa shape index (κ1) is 25.5. The van der Waals surface area contributed by atoms with Gasteiger partial charge in [0.2, 0.25) is 0 Å². The summed E-state index contributed by atoms with van der Waals surface area (Å²) in [5.41, 5.74) is 7.51. The molecule has 0 radical (unpaired) electrons. The first-order valence-corrected chi connectivity index (χ1v) is 13.7. The van der Waals surface area contributed by atoms with Gasteiger partial charge in [-0.25, -0.2) is 24.3 Å². The fourth-order valence-corrected chi connectivity index (χ4v) is 5.67. The quantitative estimate of drug-likeness (QED) is 0.259. The van der Waals surface area contributed by atoms with Crippen molar-refractivity contribution in [2.45, 2.75) is 25.2 Å². The molecular formula is C27H25ClFN7O2S. The van der Waals surface area contributed by atoms with Gasteiger partial charge in [-0.2, -0.15) is 0 Å². The number of hydrazine groups is 2. The van der Waals surface area contributed by atoms with Crippen LogP contribution >= 0.6 is 22.9 Å². The van der Waals surface area contributed by atoms with Crippen molar-refractivity contribution >= 4 is 40.9 Å². The molecule has 0 amide bonds. The van der Waals surface area contributed by atoms with E-state index in [1.165, 1.54) is 20.0 Å². The van der Waals surface area contributed by atoms with E-state index in [1.807, 2.05) is 48.6 Å². The van der Waals surface area contributed by atoms with Gasteiger partial charge in [0.05, 0.1) is 36.3 Å². The summed E-state index contributed by atoms with van der Waals surface area (Å²) in [6, 6.07) is 9.70. The maximum atomic E-state index is 14.9. The third-order valence-corrected chi connectivity index (χ3v) is 8.02. The van der Waals surface area contributed by atoms with Gasteiger partial charge in [0.15, 0.2) is 5.82 Å². The van der Waals surface area contributed by atoms with E-state index in [2.05, 4.69) is 25.3 Å². The summed E-state index contributed by atoms with van der Waals surface area (Å²) < 4.78 is 19.6. The number of imidazole rings is 1.